The Morgan fingerprint density at radius 2 is 0.941 bits per heavy atom. The van der Waals surface area contributed by atoms with Gasteiger partial charge in [-0.2, -0.15) is 0 Å². The van der Waals surface area contributed by atoms with Crippen molar-refractivity contribution in [3.63, 3.8) is 0 Å². The molecule has 4 aliphatic heterocycles. The van der Waals surface area contributed by atoms with E-state index in [1.54, 1.807) is 26.0 Å². The third-order valence-corrected chi connectivity index (χ3v) is 10.6. The lowest BCUT2D eigenvalue weighted by molar-refractivity contribution is 0.0472. The van der Waals surface area contributed by atoms with Crippen molar-refractivity contribution < 1.29 is 28.7 Å². The maximum atomic E-state index is 14.0. The van der Waals surface area contributed by atoms with E-state index in [0.29, 0.717) is 65.9 Å². The first-order valence-electron chi connectivity index (χ1n) is 17.8. The van der Waals surface area contributed by atoms with Crippen LogP contribution in [0.25, 0.3) is 21.5 Å². The molecule has 0 saturated carbocycles. The SMILES string of the molecule is CCC(NC(C)N1C(=O)c2cccc3c(N4CCOCC4)ccc(c23)C1=O)NC(C)N1C(=O)c2cccc3c(N4CCOCC4)ccc(c23)C1=O. The third kappa shape index (κ3) is 5.53. The van der Waals surface area contributed by atoms with Crippen LogP contribution in [0.5, 0.6) is 0 Å². The van der Waals surface area contributed by atoms with E-state index in [2.05, 4.69) is 20.4 Å². The second-order valence-electron chi connectivity index (χ2n) is 13.5. The van der Waals surface area contributed by atoms with Crippen molar-refractivity contribution in [3.8, 4) is 0 Å². The Morgan fingerprint density at radius 3 is 1.31 bits per heavy atom. The topological polar surface area (TPSA) is 124 Å². The van der Waals surface area contributed by atoms with Gasteiger partial charge < -0.3 is 19.3 Å². The molecule has 4 heterocycles. The molecule has 2 saturated heterocycles. The number of hydrogen-bond donors (Lipinski definition) is 2. The predicted octanol–water partition coefficient (Wildman–Crippen LogP) is 4.17. The average Bonchev–Trinajstić information content (AvgIpc) is 3.16. The van der Waals surface area contributed by atoms with Crippen LogP contribution in [0, 0.1) is 0 Å². The summed E-state index contributed by atoms with van der Waals surface area (Å²) in [6.45, 7) is 11.0. The monoisotopic (exact) mass is 690 g/mol. The van der Waals surface area contributed by atoms with Crippen LogP contribution in [0.15, 0.2) is 60.7 Å². The van der Waals surface area contributed by atoms with Crippen molar-refractivity contribution in [1.82, 2.24) is 20.4 Å². The molecule has 4 aromatic rings. The molecule has 12 nitrogen and oxygen atoms in total. The molecule has 0 aromatic heterocycles. The van der Waals surface area contributed by atoms with Crippen molar-refractivity contribution in [2.75, 3.05) is 62.4 Å². The zero-order valence-corrected chi connectivity index (χ0v) is 29.1. The first-order chi connectivity index (χ1) is 24.8. The third-order valence-electron chi connectivity index (χ3n) is 10.6. The number of carbonyl (C=O) groups is 4. The molecule has 12 heteroatoms. The Hall–Kier alpha value is -4.88. The number of morpholine rings is 2. The van der Waals surface area contributed by atoms with Gasteiger partial charge in [-0.25, -0.2) is 0 Å². The number of carbonyl (C=O) groups excluding carboxylic acids is 4. The summed E-state index contributed by atoms with van der Waals surface area (Å²) in [5.41, 5.74) is 3.90. The van der Waals surface area contributed by atoms with Crippen LogP contribution in [0.1, 0.15) is 68.6 Å². The van der Waals surface area contributed by atoms with Gasteiger partial charge in [-0.3, -0.25) is 39.6 Å². The summed E-state index contributed by atoms with van der Waals surface area (Å²) in [4.78, 5) is 63.0. The summed E-state index contributed by atoms with van der Waals surface area (Å²) in [5.74, 6) is -1.49. The fourth-order valence-corrected chi connectivity index (χ4v) is 8.08. The van der Waals surface area contributed by atoms with Crippen molar-refractivity contribution in [2.45, 2.75) is 45.7 Å². The maximum Gasteiger partial charge on any atom is 0.262 e. The molecule has 2 atom stereocenters. The van der Waals surface area contributed by atoms with Crippen molar-refractivity contribution >= 4 is 56.5 Å². The van der Waals surface area contributed by atoms with Crippen LogP contribution in [-0.2, 0) is 9.47 Å². The number of nitrogens with one attached hydrogen (secondary N) is 2. The number of amides is 4. The van der Waals surface area contributed by atoms with Crippen LogP contribution < -0.4 is 20.4 Å². The van der Waals surface area contributed by atoms with Gasteiger partial charge in [0.15, 0.2) is 0 Å². The van der Waals surface area contributed by atoms with Crippen molar-refractivity contribution in [3.05, 3.63) is 82.9 Å². The second-order valence-corrected chi connectivity index (χ2v) is 13.5. The highest BCUT2D eigenvalue weighted by Crippen LogP contribution is 2.38. The smallest absolute Gasteiger partial charge is 0.262 e. The predicted molar refractivity (Wildman–Crippen MR) is 194 cm³/mol. The van der Waals surface area contributed by atoms with Gasteiger partial charge in [-0.1, -0.05) is 31.2 Å². The minimum absolute atomic E-state index is 0.373. The van der Waals surface area contributed by atoms with Gasteiger partial charge in [0, 0.05) is 81.4 Å². The molecule has 2 unspecified atom stereocenters. The Bertz CT molecular complexity index is 1880. The number of imide groups is 2. The van der Waals surface area contributed by atoms with Crippen molar-refractivity contribution in [2.24, 2.45) is 0 Å². The minimum atomic E-state index is -0.696. The normalized spacial score (nSPS) is 19.7. The molecule has 4 aliphatic rings. The molecular formula is C39H42N6O6. The number of ether oxygens (including phenoxy) is 2. The van der Waals surface area contributed by atoms with Gasteiger partial charge in [0.25, 0.3) is 23.6 Å². The molecule has 51 heavy (non-hydrogen) atoms. The summed E-state index contributed by atoms with van der Waals surface area (Å²) in [6, 6.07) is 18.8. The number of hydrogen-bond acceptors (Lipinski definition) is 10. The van der Waals surface area contributed by atoms with Gasteiger partial charge >= 0.3 is 0 Å². The molecule has 0 spiro atoms. The van der Waals surface area contributed by atoms with E-state index in [-0.39, 0.29) is 23.6 Å². The summed E-state index contributed by atoms with van der Waals surface area (Å²) < 4.78 is 11.1. The molecule has 0 bridgehead atoms. The Labute approximate surface area is 296 Å². The highest BCUT2D eigenvalue weighted by Gasteiger charge is 2.40. The van der Waals surface area contributed by atoms with E-state index in [1.165, 1.54) is 9.80 Å². The first-order valence-corrected chi connectivity index (χ1v) is 17.8. The molecule has 4 amide bonds. The Balaban J connectivity index is 1.01. The number of benzene rings is 4. The fourth-order valence-electron chi connectivity index (χ4n) is 8.08. The van der Waals surface area contributed by atoms with Crippen LogP contribution in [0.3, 0.4) is 0 Å². The van der Waals surface area contributed by atoms with Crippen LogP contribution >= 0.6 is 0 Å². The Kier molecular flexibility index (Phi) is 8.71. The molecule has 264 valence electrons. The van der Waals surface area contributed by atoms with E-state index in [4.69, 9.17) is 9.47 Å². The molecule has 0 radical (unpaired) electrons. The van der Waals surface area contributed by atoms with Gasteiger partial charge in [0.05, 0.1) is 44.9 Å². The molecule has 4 aromatic carbocycles. The summed E-state index contributed by atoms with van der Waals surface area (Å²) in [5, 5.41) is 9.88. The standard InChI is InChI=1S/C39H42N6O6/c1-4-33(40-23(2)44-36(46)27-9-5-7-25-31(42-15-19-50-20-16-42)13-11-29(34(25)27)38(44)48)41-24(3)45-37(47)28-10-6-8-26-32(43-17-21-51-22-18-43)14-12-30(35(26)28)39(45)49/h5-14,23-24,33,40-41H,4,15-22H2,1-3H3. The average molecular weight is 691 g/mol. The number of anilines is 2. The van der Waals surface area contributed by atoms with E-state index >= 15 is 0 Å². The van der Waals surface area contributed by atoms with Gasteiger partial charge in [-0.05, 0) is 56.7 Å². The van der Waals surface area contributed by atoms with Crippen molar-refractivity contribution in [1.29, 1.82) is 0 Å². The number of rotatable bonds is 9. The van der Waals surface area contributed by atoms with E-state index < -0.39 is 18.5 Å². The summed E-state index contributed by atoms with van der Waals surface area (Å²) >= 11 is 0. The second kappa shape index (κ2) is 13.3. The Morgan fingerprint density at radius 1 is 0.569 bits per heavy atom. The highest BCUT2D eigenvalue weighted by atomic mass is 16.5. The fraction of sp³-hybridized carbons (Fsp3) is 0.385. The zero-order chi connectivity index (χ0) is 35.4. The molecule has 8 rings (SSSR count). The van der Waals surface area contributed by atoms with Crippen LogP contribution in [-0.4, -0.2) is 105 Å². The van der Waals surface area contributed by atoms with E-state index in [9.17, 15) is 19.2 Å². The van der Waals surface area contributed by atoms with E-state index in [0.717, 1.165) is 48.3 Å². The highest BCUT2D eigenvalue weighted by molar-refractivity contribution is 6.28. The van der Waals surface area contributed by atoms with Gasteiger partial charge in [0.1, 0.15) is 0 Å². The quantitative estimate of drug-likeness (QED) is 0.196. The lowest BCUT2D eigenvalue weighted by Gasteiger charge is -2.38. The minimum Gasteiger partial charge on any atom is -0.378 e. The maximum absolute atomic E-state index is 14.0. The first kappa shape index (κ1) is 33.3. The molecule has 0 aliphatic carbocycles. The van der Waals surface area contributed by atoms with Crippen LogP contribution in [0.2, 0.25) is 0 Å². The lowest BCUT2D eigenvalue weighted by atomic mass is 9.92. The largest absolute Gasteiger partial charge is 0.378 e. The number of nitrogens with zero attached hydrogens (tertiary/aromatic N) is 4. The summed E-state index contributed by atoms with van der Waals surface area (Å²) in [7, 11) is 0. The molecular weight excluding hydrogens is 648 g/mol. The van der Waals surface area contributed by atoms with Crippen LogP contribution in [0.4, 0.5) is 11.4 Å². The van der Waals surface area contributed by atoms with Gasteiger partial charge in [0.2, 0.25) is 0 Å². The van der Waals surface area contributed by atoms with E-state index in [1.807, 2.05) is 55.5 Å². The molecule has 2 N–H and O–H groups in total. The summed E-state index contributed by atoms with van der Waals surface area (Å²) in [6.07, 6.45) is -1.29. The lowest BCUT2D eigenvalue weighted by Crippen LogP contribution is -2.61. The molecule has 2 fully saturated rings. The van der Waals surface area contributed by atoms with Gasteiger partial charge in [-0.15, -0.1) is 0 Å². The zero-order valence-electron chi connectivity index (χ0n) is 29.1.